The van der Waals surface area contributed by atoms with E-state index in [1.165, 1.54) is 25.7 Å². The number of esters is 1. The monoisotopic (exact) mass is 370 g/mol. The summed E-state index contributed by atoms with van der Waals surface area (Å²) in [7, 11) is 0. The first-order valence-electron chi connectivity index (χ1n) is 9.97. The maximum absolute atomic E-state index is 12.7. The Bertz CT molecular complexity index is 845. The number of benzene rings is 1. The highest BCUT2D eigenvalue weighted by Gasteiger charge is 2.35. The number of ether oxygens (including phenoxy) is 1. The Morgan fingerprint density at radius 1 is 1.19 bits per heavy atom. The number of fused-ring (bicyclic) bond motifs is 2. The summed E-state index contributed by atoms with van der Waals surface area (Å²) in [5, 5.41) is 8.12. The number of hydrogen-bond donors (Lipinski definition) is 0. The van der Waals surface area contributed by atoms with Crippen LogP contribution in [0.1, 0.15) is 55.8 Å². The molecule has 0 spiro atoms. The first-order chi connectivity index (χ1) is 13.2. The predicted octanol–water partition coefficient (Wildman–Crippen LogP) is 2.79. The number of likely N-dealkylation sites (tertiary alicyclic amines) is 1. The van der Waals surface area contributed by atoms with Gasteiger partial charge in [0, 0.05) is 19.1 Å². The molecule has 1 saturated carbocycles. The van der Waals surface area contributed by atoms with Gasteiger partial charge in [0.15, 0.2) is 6.61 Å². The van der Waals surface area contributed by atoms with Crippen molar-refractivity contribution in [1.29, 1.82) is 0 Å². The summed E-state index contributed by atoms with van der Waals surface area (Å²) < 4.78 is 7.09. The fourth-order valence-corrected chi connectivity index (χ4v) is 4.56. The van der Waals surface area contributed by atoms with E-state index in [1.54, 1.807) is 16.8 Å². The predicted molar refractivity (Wildman–Crippen MR) is 100 cm³/mol. The summed E-state index contributed by atoms with van der Waals surface area (Å²) in [6, 6.07) is 5.51. The number of hydrogen-bond acceptors (Lipinski definition) is 5. The first-order valence-corrected chi connectivity index (χ1v) is 9.97. The second-order valence-electron chi connectivity index (χ2n) is 7.53. The minimum Gasteiger partial charge on any atom is -0.452 e. The Labute approximate surface area is 158 Å². The Hall–Kier alpha value is -2.44. The van der Waals surface area contributed by atoms with Crippen molar-refractivity contribution < 1.29 is 14.3 Å². The van der Waals surface area contributed by atoms with Gasteiger partial charge >= 0.3 is 5.97 Å². The smallest absolute Gasteiger partial charge is 0.338 e. The molecule has 0 N–H and O–H groups in total. The molecule has 144 valence electrons. The molecule has 2 aliphatic rings. The van der Waals surface area contributed by atoms with Crippen LogP contribution in [0.5, 0.6) is 0 Å². The lowest BCUT2D eigenvalue weighted by Gasteiger charge is -2.44. The van der Waals surface area contributed by atoms with E-state index in [9.17, 15) is 9.59 Å². The van der Waals surface area contributed by atoms with Gasteiger partial charge in [-0.2, -0.15) is 0 Å². The van der Waals surface area contributed by atoms with E-state index < -0.39 is 5.97 Å². The van der Waals surface area contributed by atoms with Gasteiger partial charge < -0.3 is 9.64 Å². The zero-order chi connectivity index (χ0) is 18.8. The van der Waals surface area contributed by atoms with E-state index in [1.807, 2.05) is 17.9 Å². The number of carbonyl (C=O) groups excluding carboxylic acids is 2. The number of aryl methyl sites for hydroxylation is 1. The average molecular weight is 370 g/mol. The minimum absolute atomic E-state index is 0.0713. The Morgan fingerprint density at radius 2 is 2.00 bits per heavy atom. The molecular formula is C20H26N4O3. The molecule has 7 nitrogen and oxygen atoms in total. The molecule has 0 bridgehead atoms. The molecule has 27 heavy (non-hydrogen) atoms. The van der Waals surface area contributed by atoms with Gasteiger partial charge in [0.05, 0.1) is 11.1 Å². The van der Waals surface area contributed by atoms with Crippen LogP contribution in [0, 0.1) is 5.92 Å². The molecule has 0 radical (unpaired) electrons. The van der Waals surface area contributed by atoms with Gasteiger partial charge in [-0.15, -0.1) is 5.10 Å². The number of aromatic nitrogens is 3. The van der Waals surface area contributed by atoms with Gasteiger partial charge in [-0.3, -0.25) is 4.79 Å². The second kappa shape index (κ2) is 7.66. The Kier molecular flexibility index (Phi) is 5.09. The van der Waals surface area contributed by atoms with Crippen molar-refractivity contribution in [1.82, 2.24) is 19.9 Å². The minimum atomic E-state index is -0.492. The van der Waals surface area contributed by atoms with Crippen molar-refractivity contribution >= 4 is 22.9 Å². The number of carbonyl (C=O) groups is 2. The lowest BCUT2D eigenvalue weighted by atomic mass is 9.78. The molecule has 1 saturated heterocycles. The SMILES string of the molecule is CCn1nnc2cc(C(=O)OCC(=O)N3CCC[C@H]4CCCC[C@H]43)ccc21. The van der Waals surface area contributed by atoms with Crippen LogP contribution < -0.4 is 0 Å². The third kappa shape index (κ3) is 3.55. The lowest BCUT2D eigenvalue weighted by molar-refractivity contribution is -0.140. The number of nitrogens with zero attached hydrogens (tertiary/aromatic N) is 4. The summed E-state index contributed by atoms with van der Waals surface area (Å²) in [4.78, 5) is 27.0. The van der Waals surface area contributed by atoms with Crippen molar-refractivity contribution in [2.24, 2.45) is 5.92 Å². The van der Waals surface area contributed by atoms with Crippen LogP contribution in [0.2, 0.25) is 0 Å². The summed E-state index contributed by atoms with van der Waals surface area (Å²) >= 11 is 0. The largest absolute Gasteiger partial charge is 0.452 e. The Balaban J connectivity index is 1.39. The molecular weight excluding hydrogens is 344 g/mol. The highest BCUT2D eigenvalue weighted by molar-refractivity contribution is 5.94. The van der Waals surface area contributed by atoms with Crippen molar-refractivity contribution in [2.75, 3.05) is 13.2 Å². The molecule has 2 aromatic rings. The van der Waals surface area contributed by atoms with E-state index >= 15 is 0 Å². The van der Waals surface area contributed by atoms with E-state index in [4.69, 9.17) is 4.74 Å². The van der Waals surface area contributed by atoms with Crippen LogP contribution >= 0.6 is 0 Å². The quantitative estimate of drug-likeness (QED) is 0.774. The molecule has 2 atom stereocenters. The summed E-state index contributed by atoms with van der Waals surface area (Å²) in [5.74, 6) is 0.0576. The van der Waals surface area contributed by atoms with E-state index in [0.717, 1.165) is 24.9 Å². The van der Waals surface area contributed by atoms with E-state index in [0.29, 0.717) is 29.6 Å². The molecule has 7 heteroatoms. The molecule has 1 amide bonds. The first kappa shape index (κ1) is 17.9. The van der Waals surface area contributed by atoms with Gasteiger partial charge in [-0.05, 0) is 56.7 Å². The summed E-state index contributed by atoms with van der Waals surface area (Å²) in [6.45, 7) is 3.29. The van der Waals surface area contributed by atoms with Crippen LogP contribution in [0.4, 0.5) is 0 Å². The molecule has 2 fully saturated rings. The van der Waals surface area contributed by atoms with Crippen molar-refractivity contribution in [2.45, 2.75) is 58.0 Å². The number of piperidine rings is 1. The zero-order valence-electron chi connectivity index (χ0n) is 15.8. The maximum Gasteiger partial charge on any atom is 0.338 e. The fraction of sp³-hybridized carbons (Fsp3) is 0.600. The van der Waals surface area contributed by atoms with Gasteiger partial charge in [0.1, 0.15) is 5.52 Å². The zero-order valence-corrected chi connectivity index (χ0v) is 15.8. The van der Waals surface area contributed by atoms with Gasteiger partial charge in [0.2, 0.25) is 0 Å². The summed E-state index contributed by atoms with van der Waals surface area (Å²) in [6.07, 6.45) is 7.00. The fourth-order valence-electron chi connectivity index (χ4n) is 4.56. The van der Waals surface area contributed by atoms with Crippen molar-refractivity contribution in [3.05, 3.63) is 23.8 Å². The molecule has 1 aromatic carbocycles. The molecule has 0 unspecified atom stereocenters. The molecule has 4 rings (SSSR count). The van der Waals surface area contributed by atoms with Crippen molar-refractivity contribution in [3.63, 3.8) is 0 Å². The lowest BCUT2D eigenvalue weighted by Crippen LogP contribution is -2.50. The van der Waals surface area contributed by atoms with E-state index in [2.05, 4.69) is 10.3 Å². The van der Waals surface area contributed by atoms with E-state index in [-0.39, 0.29) is 12.5 Å². The van der Waals surface area contributed by atoms with Gasteiger partial charge in [-0.25, -0.2) is 9.48 Å². The number of amides is 1. The molecule has 1 aliphatic heterocycles. The topological polar surface area (TPSA) is 77.3 Å². The van der Waals surface area contributed by atoms with Gasteiger partial charge in [0.25, 0.3) is 5.91 Å². The third-order valence-corrected chi connectivity index (χ3v) is 5.94. The van der Waals surface area contributed by atoms with Crippen LogP contribution in [0.3, 0.4) is 0 Å². The van der Waals surface area contributed by atoms with Crippen molar-refractivity contribution in [3.8, 4) is 0 Å². The summed E-state index contributed by atoms with van der Waals surface area (Å²) in [5.41, 5.74) is 1.92. The molecule has 1 aliphatic carbocycles. The normalized spacial score (nSPS) is 22.5. The van der Waals surface area contributed by atoms with Gasteiger partial charge in [-0.1, -0.05) is 18.1 Å². The Morgan fingerprint density at radius 3 is 2.85 bits per heavy atom. The highest BCUT2D eigenvalue weighted by Crippen LogP contribution is 2.35. The van der Waals surface area contributed by atoms with Crippen LogP contribution in [-0.2, 0) is 16.1 Å². The number of rotatable bonds is 4. The van der Waals surface area contributed by atoms with Crippen LogP contribution in [0.25, 0.3) is 11.0 Å². The van der Waals surface area contributed by atoms with Crippen LogP contribution in [-0.4, -0.2) is 51.0 Å². The standard InChI is InChI=1S/C20H26N4O3/c1-2-24-18-10-9-15(12-16(18)21-22-24)20(26)27-13-19(25)23-11-5-7-14-6-3-4-8-17(14)23/h9-10,12,14,17H,2-8,11,13H2,1H3/t14-,17-/m1/s1. The maximum atomic E-state index is 12.7. The molecule has 2 heterocycles. The third-order valence-electron chi connectivity index (χ3n) is 5.94. The second-order valence-corrected chi connectivity index (χ2v) is 7.53. The van der Waals surface area contributed by atoms with Crippen LogP contribution in [0.15, 0.2) is 18.2 Å². The highest BCUT2D eigenvalue weighted by atomic mass is 16.5. The molecule has 1 aromatic heterocycles. The average Bonchev–Trinajstić information content (AvgIpc) is 3.13.